The first-order chi connectivity index (χ1) is 11.2. The van der Waals surface area contributed by atoms with Crippen molar-refractivity contribution >= 4 is 5.91 Å². The van der Waals surface area contributed by atoms with Crippen LogP contribution in [0.2, 0.25) is 0 Å². The summed E-state index contributed by atoms with van der Waals surface area (Å²) in [5, 5.41) is 2.97. The van der Waals surface area contributed by atoms with Gasteiger partial charge < -0.3 is 15.8 Å². The predicted molar refractivity (Wildman–Crippen MR) is 93.1 cm³/mol. The maximum atomic E-state index is 12.1. The second-order valence-electron chi connectivity index (χ2n) is 6.41. The van der Waals surface area contributed by atoms with Gasteiger partial charge >= 0.3 is 0 Å². The molecule has 0 aromatic heterocycles. The van der Waals surface area contributed by atoms with E-state index < -0.39 is 6.04 Å². The topological polar surface area (TPSA) is 64.3 Å². The zero-order valence-corrected chi connectivity index (χ0v) is 14.2. The zero-order chi connectivity index (χ0) is 16.5. The Morgan fingerprint density at radius 2 is 2.00 bits per heavy atom. The minimum Gasteiger partial charge on any atom is -0.378 e. The Morgan fingerprint density at radius 3 is 2.65 bits per heavy atom. The van der Waals surface area contributed by atoms with Crippen LogP contribution in [-0.2, 0) is 16.0 Å². The van der Waals surface area contributed by atoms with E-state index >= 15 is 0 Å². The minimum absolute atomic E-state index is 0.0736. The number of benzene rings is 1. The van der Waals surface area contributed by atoms with Gasteiger partial charge in [0, 0.05) is 13.2 Å². The van der Waals surface area contributed by atoms with Crippen LogP contribution in [0.5, 0.6) is 0 Å². The van der Waals surface area contributed by atoms with E-state index in [0.29, 0.717) is 18.9 Å². The molecule has 1 saturated carbocycles. The Balaban J connectivity index is 1.72. The molecule has 1 fully saturated rings. The van der Waals surface area contributed by atoms with E-state index in [1.54, 1.807) is 0 Å². The van der Waals surface area contributed by atoms with Gasteiger partial charge in [0.1, 0.15) is 0 Å². The molecule has 4 nitrogen and oxygen atoms in total. The van der Waals surface area contributed by atoms with Crippen LogP contribution in [0.3, 0.4) is 0 Å². The van der Waals surface area contributed by atoms with Gasteiger partial charge in [-0.1, -0.05) is 43.2 Å². The largest absolute Gasteiger partial charge is 0.378 e. The molecule has 4 heteroatoms. The molecule has 23 heavy (non-hydrogen) atoms. The molecule has 1 aliphatic carbocycles. The SMILES string of the molecule is CCOC(CCNC(=O)[C@@H](N)Cc1ccccc1)C1CCCC1. The van der Waals surface area contributed by atoms with Crippen molar-refractivity contribution in [3.8, 4) is 0 Å². The molecular weight excluding hydrogens is 288 g/mol. The summed E-state index contributed by atoms with van der Waals surface area (Å²) in [6.07, 6.45) is 6.85. The molecule has 0 spiro atoms. The lowest BCUT2D eigenvalue weighted by molar-refractivity contribution is -0.122. The number of carbonyl (C=O) groups excluding carboxylic acids is 1. The number of hydrogen-bond acceptors (Lipinski definition) is 3. The van der Waals surface area contributed by atoms with Crippen molar-refractivity contribution in [2.45, 2.75) is 57.6 Å². The average molecular weight is 318 g/mol. The van der Waals surface area contributed by atoms with Gasteiger partial charge in [-0.25, -0.2) is 0 Å². The summed E-state index contributed by atoms with van der Waals surface area (Å²) in [5.74, 6) is 0.584. The quantitative estimate of drug-likeness (QED) is 0.736. The van der Waals surface area contributed by atoms with Crippen LogP contribution >= 0.6 is 0 Å². The minimum atomic E-state index is -0.491. The molecule has 2 atom stereocenters. The predicted octanol–water partition coefficient (Wildman–Crippen LogP) is 2.66. The molecule has 0 saturated heterocycles. The lowest BCUT2D eigenvalue weighted by Crippen LogP contribution is -2.43. The molecule has 0 radical (unpaired) electrons. The number of hydrogen-bond donors (Lipinski definition) is 2. The maximum Gasteiger partial charge on any atom is 0.237 e. The third kappa shape index (κ3) is 5.96. The Labute approximate surface area is 139 Å². The number of rotatable bonds is 9. The molecule has 0 heterocycles. The van der Waals surface area contributed by atoms with Crippen LogP contribution < -0.4 is 11.1 Å². The summed E-state index contributed by atoms with van der Waals surface area (Å²) < 4.78 is 5.88. The lowest BCUT2D eigenvalue weighted by atomic mass is 9.98. The van der Waals surface area contributed by atoms with E-state index in [4.69, 9.17) is 10.5 Å². The molecule has 2 rings (SSSR count). The first-order valence-electron chi connectivity index (χ1n) is 8.89. The number of nitrogens with two attached hydrogens (primary N) is 1. The third-order valence-electron chi connectivity index (χ3n) is 4.67. The van der Waals surface area contributed by atoms with Gasteiger partial charge in [-0.15, -0.1) is 0 Å². The van der Waals surface area contributed by atoms with E-state index in [-0.39, 0.29) is 12.0 Å². The van der Waals surface area contributed by atoms with Crippen molar-refractivity contribution < 1.29 is 9.53 Å². The van der Waals surface area contributed by atoms with E-state index in [1.165, 1.54) is 25.7 Å². The average Bonchev–Trinajstić information content (AvgIpc) is 3.09. The number of amides is 1. The fraction of sp³-hybridized carbons (Fsp3) is 0.632. The van der Waals surface area contributed by atoms with Crippen LogP contribution in [0.1, 0.15) is 44.6 Å². The van der Waals surface area contributed by atoms with E-state index in [0.717, 1.165) is 18.6 Å². The molecule has 1 aliphatic rings. The van der Waals surface area contributed by atoms with E-state index in [2.05, 4.69) is 5.32 Å². The van der Waals surface area contributed by atoms with Crippen LogP contribution in [0.15, 0.2) is 30.3 Å². The van der Waals surface area contributed by atoms with Crippen molar-refractivity contribution in [2.24, 2.45) is 11.7 Å². The third-order valence-corrected chi connectivity index (χ3v) is 4.67. The molecule has 1 aromatic rings. The van der Waals surface area contributed by atoms with Crippen molar-refractivity contribution in [3.63, 3.8) is 0 Å². The first-order valence-corrected chi connectivity index (χ1v) is 8.89. The van der Waals surface area contributed by atoms with Gasteiger partial charge in [0.2, 0.25) is 5.91 Å². The Bertz CT molecular complexity index is 458. The standard InChI is InChI=1S/C19H30N2O2/c1-2-23-18(16-10-6-7-11-16)12-13-21-19(22)17(20)14-15-8-4-3-5-9-15/h3-5,8-9,16-18H,2,6-7,10-14,20H2,1H3,(H,21,22)/t17-,18?/m0/s1. The number of ether oxygens (including phenoxy) is 1. The fourth-order valence-corrected chi connectivity index (χ4v) is 3.43. The van der Waals surface area contributed by atoms with Crippen molar-refractivity contribution in [1.29, 1.82) is 0 Å². The summed E-state index contributed by atoms with van der Waals surface area (Å²) in [6.45, 7) is 3.42. The summed E-state index contributed by atoms with van der Waals surface area (Å²) in [7, 11) is 0. The Kier molecular flexibility index (Phi) is 7.56. The van der Waals surface area contributed by atoms with Crippen LogP contribution in [-0.4, -0.2) is 31.2 Å². The highest BCUT2D eigenvalue weighted by molar-refractivity contribution is 5.81. The number of carbonyl (C=O) groups is 1. The van der Waals surface area contributed by atoms with Crippen molar-refractivity contribution in [2.75, 3.05) is 13.2 Å². The highest BCUT2D eigenvalue weighted by Crippen LogP contribution is 2.30. The highest BCUT2D eigenvalue weighted by Gasteiger charge is 2.25. The zero-order valence-electron chi connectivity index (χ0n) is 14.2. The van der Waals surface area contributed by atoms with Gasteiger partial charge in [-0.2, -0.15) is 0 Å². The summed E-state index contributed by atoms with van der Waals surface area (Å²) in [5.41, 5.74) is 7.09. The summed E-state index contributed by atoms with van der Waals surface area (Å²) in [6, 6.07) is 9.40. The van der Waals surface area contributed by atoms with Gasteiger partial charge in [0.25, 0.3) is 0 Å². The number of nitrogens with one attached hydrogen (secondary N) is 1. The van der Waals surface area contributed by atoms with Gasteiger partial charge in [-0.05, 0) is 44.1 Å². The molecule has 0 aliphatic heterocycles. The lowest BCUT2D eigenvalue weighted by Gasteiger charge is -2.23. The summed E-state index contributed by atoms with van der Waals surface area (Å²) >= 11 is 0. The van der Waals surface area contributed by atoms with Crippen molar-refractivity contribution in [3.05, 3.63) is 35.9 Å². The Hall–Kier alpha value is -1.39. The molecule has 1 amide bonds. The second kappa shape index (κ2) is 9.68. The molecular formula is C19H30N2O2. The molecule has 3 N–H and O–H groups in total. The molecule has 1 unspecified atom stereocenters. The summed E-state index contributed by atoms with van der Waals surface area (Å²) in [4.78, 5) is 12.1. The maximum absolute atomic E-state index is 12.1. The van der Waals surface area contributed by atoms with Crippen LogP contribution in [0.4, 0.5) is 0 Å². The van der Waals surface area contributed by atoms with Gasteiger partial charge in [-0.3, -0.25) is 4.79 Å². The Morgan fingerprint density at radius 1 is 1.30 bits per heavy atom. The molecule has 128 valence electrons. The highest BCUT2D eigenvalue weighted by atomic mass is 16.5. The van der Waals surface area contributed by atoms with Gasteiger partial charge in [0.15, 0.2) is 0 Å². The fourth-order valence-electron chi connectivity index (χ4n) is 3.43. The van der Waals surface area contributed by atoms with Crippen molar-refractivity contribution in [1.82, 2.24) is 5.32 Å². The smallest absolute Gasteiger partial charge is 0.237 e. The van der Waals surface area contributed by atoms with Crippen LogP contribution in [0.25, 0.3) is 0 Å². The van der Waals surface area contributed by atoms with Gasteiger partial charge in [0.05, 0.1) is 12.1 Å². The second-order valence-corrected chi connectivity index (χ2v) is 6.41. The molecule has 0 bridgehead atoms. The normalized spacial score (nSPS) is 17.8. The first kappa shape index (κ1) is 18.0. The van der Waals surface area contributed by atoms with Crippen LogP contribution in [0, 0.1) is 5.92 Å². The van der Waals surface area contributed by atoms with E-state index in [9.17, 15) is 4.79 Å². The monoisotopic (exact) mass is 318 g/mol. The molecule has 1 aromatic carbocycles. The van der Waals surface area contributed by atoms with E-state index in [1.807, 2.05) is 37.3 Å².